The Bertz CT molecular complexity index is 923. The van der Waals surface area contributed by atoms with E-state index in [0.717, 1.165) is 5.69 Å². The molecule has 1 atom stereocenters. The van der Waals surface area contributed by atoms with Gasteiger partial charge < -0.3 is 14.4 Å². The maximum Gasteiger partial charge on any atom is 0.349 e. The lowest BCUT2D eigenvalue weighted by Gasteiger charge is -2.13. The highest BCUT2D eigenvalue weighted by Gasteiger charge is 2.22. The fourth-order valence-corrected chi connectivity index (χ4v) is 2.57. The number of benzene rings is 2. The summed E-state index contributed by atoms with van der Waals surface area (Å²) < 4.78 is 10.6. The number of nitrogens with zero attached hydrogens (tertiary/aromatic N) is 2. The summed E-state index contributed by atoms with van der Waals surface area (Å²) in [5, 5.41) is 9.32. The van der Waals surface area contributed by atoms with E-state index in [-0.39, 0.29) is 11.4 Å². The highest BCUT2D eigenvalue weighted by Crippen LogP contribution is 2.17. The molecule has 150 valence electrons. The number of hydrogen-bond acceptors (Lipinski definition) is 6. The van der Waals surface area contributed by atoms with Gasteiger partial charge in [0.15, 0.2) is 6.10 Å². The zero-order valence-electron chi connectivity index (χ0n) is 17.0. The zero-order chi connectivity index (χ0) is 21.4. The number of carbonyl (C=O) groups excluding carboxylic acids is 2. The van der Waals surface area contributed by atoms with Crippen molar-refractivity contribution in [2.45, 2.75) is 20.0 Å². The van der Waals surface area contributed by atoms with E-state index in [1.54, 1.807) is 36.4 Å². The van der Waals surface area contributed by atoms with Crippen molar-refractivity contribution in [3.05, 3.63) is 65.2 Å². The van der Waals surface area contributed by atoms with Gasteiger partial charge in [0, 0.05) is 25.3 Å². The van der Waals surface area contributed by atoms with Gasteiger partial charge in [-0.2, -0.15) is 5.26 Å². The van der Waals surface area contributed by atoms with Gasteiger partial charge in [0.1, 0.15) is 17.4 Å². The van der Waals surface area contributed by atoms with E-state index in [9.17, 15) is 14.9 Å². The molecular formula is C23H24N2O4. The maximum absolute atomic E-state index is 12.5. The lowest BCUT2D eigenvalue weighted by Crippen LogP contribution is -2.25. The van der Waals surface area contributed by atoms with E-state index in [4.69, 9.17) is 9.47 Å². The van der Waals surface area contributed by atoms with Gasteiger partial charge in [-0.1, -0.05) is 12.1 Å². The average molecular weight is 392 g/mol. The van der Waals surface area contributed by atoms with Gasteiger partial charge in [-0.15, -0.1) is 0 Å². The Morgan fingerprint density at radius 3 is 2.24 bits per heavy atom. The predicted octanol–water partition coefficient (Wildman–Crippen LogP) is 3.87. The molecule has 0 unspecified atom stereocenters. The van der Waals surface area contributed by atoms with Crippen molar-refractivity contribution < 1.29 is 19.1 Å². The van der Waals surface area contributed by atoms with Crippen molar-refractivity contribution in [3.8, 4) is 11.8 Å². The molecule has 2 rings (SSSR count). The summed E-state index contributed by atoms with van der Waals surface area (Å²) in [5.41, 5.74) is 1.91. The van der Waals surface area contributed by atoms with E-state index >= 15 is 0 Å². The first-order valence-corrected chi connectivity index (χ1v) is 9.23. The second-order valence-electron chi connectivity index (χ2n) is 6.52. The van der Waals surface area contributed by atoms with Crippen molar-refractivity contribution >= 4 is 23.5 Å². The van der Waals surface area contributed by atoms with Gasteiger partial charge in [0.25, 0.3) is 0 Å². The number of ketones is 1. The Hall–Kier alpha value is -3.59. The normalized spacial score (nSPS) is 11.9. The van der Waals surface area contributed by atoms with Crippen LogP contribution in [-0.4, -0.2) is 38.6 Å². The van der Waals surface area contributed by atoms with Crippen LogP contribution >= 0.6 is 0 Å². The van der Waals surface area contributed by atoms with E-state index in [0.29, 0.717) is 23.5 Å². The van der Waals surface area contributed by atoms with Crippen LogP contribution in [0.2, 0.25) is 0 Å². The quantitative estimate of drug-likeness (QED) is 0.294. The number of ether oxygens (including phenoxy) is 2. The molecule has 0 N–H and O–H groups in total. The fraction of sp³-hybridized carbons (Fsp3) is 0.261. The maximum atomic E-state index is 12.5. The van der Waals surface area contributed by atoms with Crippen LogP contribution in [-0.2, 0) is 9.53 Å². The summed E-state index contributed by atoms with van der Waals surface area (Å²) in [4.78, 5) is 26.8. The molecule has 6 heteroatoms. The smallest absolute Gasteiger partial charge is 0.349 e. The molecule has 0 aromatic heterocycles. The zero-order valence-corrected chi connectivity index (χ0v) is 17.0. The third kappa shape index (κ3) is 5.94. The molecule has 0 aliphatic rings. The van der Waals surface area contributed by atoms with Crippen LogP contribution in [0.25, 0.3) is 6.08 Å². The first-order chi connectivity index (χ1) is 13.8. The van der Waals surface area contributed by atoms with Crippen LogP contribution in [0.5, 0.6) is 5.75 Å². The summed E-state index contributed by atoms with van der Waals surface area (Å²) in [6.07, 6.45) is 0.420. The Morgan fingerprint density at radius 2 is 1.72 bits per heavy atom. The Morgan fingerprint density at radius 1 is 1.10 bits per heavy atom. The van der Waals surface area contributed by atoms with Crippen molar-refractivity contribution in [3.63, 3.8) is 0 Å². The van der Waals surface area contributed by atoms with Crippen LogP contribution in [0.15, 0.2) is 54.1 Å². The highest BCUT2D eigenvalue weighted by molar-refractivity contribution is 6.03. The van der Waals surface area contributed by atoms with Crippen LogP contribution in [0.3, 0.4) is 0 Å². The number of carbonyl (C=O) groups is 2. The number of rotatable bonds is 8. The summed E-state index contributed by atoms with van der Waals surface area (Å²) in [5.74, 6) is -0.534. The molecule has 29 heavy (non-hydrogen) atoms. The number of anilines is 1. The van der Waals surface area contributed by atoms with E-state index in [2.05, 4.69) is 0 Å². The fourth-order valence-electron chi connectivity index (χ4n) is 2.57. The second kappa shape index (κ2) is 10.1. The molecule has 0 radical (unpaired) electrons. The van der Waals surface area contributed by atoms with Gasteiger partial charge in [0.2, 0.25) is 5.78 Å². The summed E-state index contributed by atoms with van der Waals surface area (Å²) in [6.45, 7) is 3.89. The van der Waals surface area contributed by atoms with Crippen molar-refractivity contribution in [1.29, 1.82) is 5.26 Å². The molecule has 0 saturated carbocycles. The van der Waals surface area contributed by atoms with Crippen LogP contribution < -0.4 is 9.64 Å². The third-order valence-electron chi connectivity index (χ3n) is 4.16. The number of Topliss-reactive ketones (excluding diaryl/α,β-unsaturated/α-hetero) is 1. The molecule has 0 bridgehead atoms. The molecule has 0 aliphatic carbocycles. The number of nitriles is 1. The topological polar surface area (TPSA) is 79.6 Å². The van der Waals surface area contributed by atoms with Crippen molar-refractivity contribution in [2.24, 2.45) is 0 Å². The van der Waals surface area contributed by atoms with Gasteiger partial charge in [-0.25, -0.2) is 4.79 Å². The first kappa shape index (κ1) is 21.7. The van der Waals surface area contributed by atoms with Crippen LogP contribution in [0.1, 0.15) is 29.8 Å². The van der Waals surface area contributed by atoms with Gasteiger partial charge in [-0.05, 0) is 61.9 Å². The van der Waals surface area contributed by atoms with Crippen LogP contribution in [0.4, 0.5) is 5.69 Å². The molecule has 0 fully saturated rings. The minimum Gasteiger partial charge on any atom is -0.494 e. The molecule has 0 spiro atoms. The number of esters is 1. The minimum absolute atomic E-state index is 0.172. The SMILES string of the molecule is CCOc1ccc(C(=O)[C@@H](C)OC(=O)/C(C#N)=C/c2ccc(N(C)C)cc2)cc1. The number of hydrogen-bond donors (Lipinski definition) is 0. The van der Waals surface area contributed by atoms with Gasteiger partial charge in [0.05, 0.1) is 6.61 Å². The summed E-state index contributed by atoms with van der Waals surface area (Å²) in [6, 6.07) is 15.8. The average Bonchev–Trinajstić information content (AvgIpc) is 2.72. The van der Waals surface area contributed by atoms with E-state index < -0.39 is 12.1 Å². The molecule has 0 aliphatic heterocycles. The Balaban J connectivity index is 2.07. The monoisotopic (exact) mass is 392 g/mol. The molecule has 0 heterocycles. The molecule has 2 aromatic rings. The lowest BCUT2D eigenvalue weighted by molar-refractivity contribution is -0.141. The standard InChI is InChI=1S/C23H24N2O4/c1-5-28-21-12-8-18(9-13-21)22(26)16(2)29-23(27)19(15-24)14-17-6-10-20(11-7-17)25(3)4/h6-14,16H,5H2,1-4H3/b19-14+/t16-/m1/s1. The largest absolute Gasteiger partial charge is 0.494 e. The second-order valence-corrected chi connectivity index (χ2v) is 6.52. The van der Waals surface area contributed by atoms with Crippen molar-refractivity contribution in [2.75, 3.05) is 25.6 Å². The Kier molecular flexibility index (Phi) is 7.55. The van der Waals surface area contributed by atoms with Crippen LogP contribution in [0, 0.1) is 11.3 Å². The molecule has 0 amide bonds. The van der Waals surface area contributed by atoms with E-state index in [1.807, 2.05) is 44.1 Å². The summed E-state index contributed by atoms with van der Waals surface area (Å²) >= 11 is 0. The van der Waals surface area contributed by atoms with E-state index in [1.165, 1.54) is 13.0 Å². The molecule has 6 nitrogen and oxygen atoms in total. The highest BCUT2D eigenvalue weighted by atomic mass is 16.5. The van der Waals surface area contributed by atoms with Gasteiger partial charge >= 0.3 is 5.97 Å². The lowest BCUT2D eigenvalue weighted by atomic mass is 10.1. The predicted molar refractivity (Wildman–Crippen MR) is 112 cm³/mol. The van der Waals surface area contributed by atoms with Gasteiger partial charge in [-0.3, -0.25) is 4.79 Å². The summed E-state index contributed by atoms with van der Waals surface area (Å²) in [7, 11) is 3.84. The van der Waals surface area contributed by atoms with Crippen molar-refractivity contribution in [1.82, 2.24) is 0 Å². The molecular weight excluding hydrogens is 368 g/mol. The molecule has 0 saturated heterocycles. The minimum atomic E-state index is -1.02. The Labute approximate surface area is 171 Å². The molecule has 2 aromatic carbocycles. The third-order valence-corrected chi connectivity index (χ3v) is 4.16. The first-order valence-electron chi connectivity index (χ1n) is 9.23.